The molecule has 200 valence electrons. The van der Waals surface area contributed by atoms with E-state index in [1.54, 1.807) is 0 Å². The van der Waals surface area contributed by atoms with Crippen molar-refractivity contribution in [2.75, 3.05) is 0 Å². The van der Waals surface area contributed by atoms with Crippen LogP contribution in [0.1, 0.15) is 75.3 Å². The molecule has 5 heteroatoms. The SMILES string of the molecule is C=c1c2ccc3c4ccc5c6c(ccc(c7ccc(c(=S)n1C(CC)CC)c2c37)c64)C(=S)N(C(CC)CC)C5=O. The van der Waals surface area contributed by atoms with Crippen LogP contribution in [-0.4, -0.2) is 26.4 Å². The van der Waals surface area contributed by atoms with Gasteiger partial charge in [0.1, 0.15) is 9.63 Å². The zero-order valence-electron chi connectivity index (χ0n) is 23.4. The molecule has 0 atom stereocenters. The fourth-order valence-corrected chi connectivity index (χ4v) is 8.25. The predicted octanol–water partition coefficient (Wildman–Crippen LogP) is 9.23. The monoisotopic (exact) mass is 560 g/mol. The summed E-state index contributed by atoms with van der Waals surface area (Å²) in [6.45, 7) is 13.2. The van der Waals surface area contributed by atoms with Gasteiger partial charge in [-0.05, 0) is 64.1 Å². The third-order valence-electron chi connectivity index (χ3n) is 9.47. The molecule has 0 bridgehead atoms. The largest absolute Gasteiger partial charge is 0.329 e. The zero-order valence-corrected chi connectivity index (χ0v) is 25.1. The van der Waals surface area contributed by atoms with Gasteiger partial charge in [-0.15, -0.1) is 0 Å². The van der Waals surface area contributed by atoms with Crippen LogP contribution in [0.5, 0.6) is 0 Å². The first-order valence-corrected chi connectivity index (χ1v) is 15.3. The molecule has 7 rings (SSSR count). The van der Waals surface area contributed by atoms with Crippen molar-refractivity contribution in [3.63, 3.8) is 0 Å². The lowest BCUT2D eigenvalue weighted by molar-refractivity contribution is 0.0799. The smallest absolute Gasteiger partial charge is 0.259 e. The number of fused-ring (bicyclic) bond motifs is 2. The molecule has 0 N–H and O–H groups in total. The number of pyridine rings is 1. The van der Waals surface area contributed by atoms with E-state index in [4.69, 9.17) is 24.4 Å². The molecule has 1 aromatic heterocycles. The lowest BCUT2D eigenvalue weighted by Crippen LogP contribution is -2.46. The van der Waals surface area contributed by atoms with Crippen LogP contribution in [0.25, 0.3) is 60.4 Å². The minimum atomic E-state index is 0.0223. The molecule has 3 nitrogen and oxygen atoms in total. The number of carbonyl (C=O) groups excluding carboxylic acids is 1. The van der Waals surface area contributed by atoms with Gasteiger partial charge in [0.2, 0.25) is 0 Å². The fraction of sp³-hybridized carbons (Fsp3) is 0.286. The highest BCUT2D eigenvalue weighted by atomic mass is 32.1. The summed E-state index contributed by atoms with van der Waals surface area (Å²) in [6.07, 6.45) is 3.77. The van der Waals surface area contributed by atoms with E-state index in [9.17, 15) is 4.79 Å². The summed E-state index contributed by atoms with van der Waals surface area (Å²) in [6, 6.07) is 17.8. The van der Waals surface area contributed by atoms with Gasteiger partial charge in [-0.3, -0.25) is 9.69 Å². The quantitative estimate of drug-likeness (QED) is 0.115. The topological polar surface area (TPSA) is 25.2 Å². The average Bonchev–Trinajstić information content (AvgIpc) is 2.98. The maximum Gasteiger partial charge on any atom is 0.259 e. The van der Waals surface area contributed by atoms with Crippen molar-refractivity contribution in [1.29, 1.82) is 0 Å². The number of hydrogen-bond acceptors (Lipinski definition) is 3. The Hall–Kier alpha value is -3.41. The van der Waals surface area contributed by atoms with Crippen molar-refractivity contribution in [2.45, 2.75) is 65.5 Å². The second-order valence-corrected chi connectivity index (χ2v) is 12.0. The van der Waals surface area contributed by atoms with Gasteiger partial charge in [0.25, 0.3) is 5.91 Å². The van der Waals surface area contributed by atoms with Crippen LogP contribution in [0.2, 0.25) is 0 Å². The Morgan fingerprint density at radius 3 is 1.65 bits per heavy atom. The minimum Gasteiger partial charge on any atom is -0.329 e. The third-order valence-corrected chi connectivity index (χ3v) is 10.3. The van der Waals surface area contributed by atoms with Gasteiger partial charge in [0, 0.05) is 50.1 Å². The second kappa shape index (κ2) is 9.05. The molecule has 0 saturated heterocycles. The van der Waals surface area contributed by atoms with Crippen LogP contribution in [0.4, 0.5) is 0 Å². The van der Waals surface area contributed by atoms with Gasteiger partial charge >= 0.3 is 0 Å². The highest BCUT2D eigenvalue weighted by Crippen LogP contribution is 2.46. The summed E-state index contributed by atoms with van der Waals surface area (Å²) in [5.41, 5.74) is 1.74. The second-order valence-electron chi connectivity index (χ2n) is 11.2. The van der Waals surface area contributed by atoms with E-state index in [1.807, 2.05) is 11.0 Å². The number of benzene rings is 5. The van der Waals surface area contributed by atoms with Gasteiger partial charge in [0.15, 0.2) is 0 Å². The number of amides is 1. The Morgan fingerprint density at radius 2 is 1.07 bits per heavy atom. The number of thiocarbonyl (C=S) groups is 1. The lowest BCUT2D eigenvalue weighted by Gasteiger charge is -2.35. The third kappa shape index (κ3) is 3.08. The minimum absolute atomic E-state index is 0.0223. The summed E-state index contributed by atoms with van der Waals surface area (Å²) in [5.74, 6) is 0.0223. The molecule has 1 amide bonds. The van der Waals surface area contributed by atoms with Gasteiger partial charge < -0.3 is 4.57 Å². The van der Waals surface area contributed by atoms with E-state index in [-0.39, 0.29) is 11.9 Å². The number of aromatic nitrogens is 1. The van der Waals surface area contributed by atoms with Crippen molar-refractivity contribution >= 4 is 95.8 Å². The van der Waals surface area contributed by atoms with Crippen molar-refractivity contribution in [3.05, 3.63) is 69.6 Å². The fourth-order valence-electron chi connectivity index (χ4n) is 7.42. The molecule has 40 heavy (non-hydrogen) atoms. The van der Waals surface area contributed by atoms with Crippen LogP contribution in [0.3, 0.4) is 0 Å². The number of rotatable bonds is 6. The van der Waals surface area contributed by atoms with E-state index in [1.165, 1.54) is 21.5 Å². The van der Waals surface area contributed by atoms with Gasteiger partial charge in [-0.2, -0.15) is 0 Å². The Balaban J connectivity index is 1.63. The Morgan fingerprint density at radius 1 is 0.625 bits per heavy atom. The van der Waals surface area contributed by atoms with Gasteiger partial charge in [0.05, 0.1) is 0 Å². The molecule has 2 heterocycles. The van der Waals surface area contributed by atoms with E-state index in [0.29, 0.717) is 11.0 Å². The summed E-state index contributed by atoms with van der Waals surface area (Å²) >= 11 is 12.1. The first-order chi connectivity index (χ1) is 19.4. The van der Waals surface area contributed by atoms with E-state index in [2.05, 4.69) is 81.3 Å². The normalized spacial score (nSPS) is 14.1. The highest BCUT2D eigenvalue weighted by Gasteiger charge is 2.35. The lowest BCUT2D eigenvalue weighted by atomic mass is 9.83. The molecule has 0 radical (unpaired) electrons. The highest BCUT2D eigenvalue weighted by molar-refractivity contribution is 7.80. The van der Waals surface area contributed by atoms with Crippen LogP contribution in [0.15, 0.2) is 48.5 Å². The molecular weight excluding hydrogens is 529 g/mol. The Bertz CT molecular complexity index is 2020. The van der Waals surface area contributed by atoms with Crippen molar-refractivity contribution in [1.82, 2.24) is 9.47 Å². The first-order valence-electron chi connectivity index (χ1n) is 14.5. The summed E-state index contributed by atoms with van der Waals surface area (Å²) < 4.78 is 3.14. The summed E-state index contributed by atoms with van der Waals surface area (Å²) in [4.78, 5) is 16.4. The standard InChI is InChI=1S/C35H32N2OS2/c1-6-19(7-2)36-18(5)21-10-11-22-23-12-15-26-32-28(35(40)37(33(26)38)20(8-3)9-4)17-14-25(31(23)32)24-13-16-27(34(36)39)29(21)30(22)24/h10-17,19-20H,5-9H2,1-4H3. The Labute approximate surface area is 244 Å². The molecule has 6 aromatic rings. The predicted molar refractivity (Wildman–Crippen MR) is 177 cm³/mol. The van der Waals surface area contributed by atoms with Gasteiger partial charge in [-0.25, -0.2) is 0 Å². The maximum atomic E-state index is 13.9. The molecule has 5 aromatic carbocycles. The zero-order chi connectivity index (χ0) is 28.0. The molecule has 0 spiro atoms. The first kappa shape index (κ1) is 25.6. The van der Waals surface area contributed by atoms with Crippen LogP contribution < -0.4 is 5.35 Å². The number of hydrogen-bond donors (Lipinski definition) is 0. The van der Waals surface area contributed by atoms with Crippen molar-refractivity contribution in [2.24, 2.45) is 0 Å². The summed E-state index contributed by atoms with van der Waals surface area (Å²) in [7, 11) is 0. The molecule has 0 unspecified atom stereocenters. The average molecular weight is 561 g/mol. The molecule has 1 aliphatic rings. The number of carbonyl (C=O) groups is 1. The summed E-state index contributed by atoms with van der Waals surface area (Å²) in [5, 5.41) is 12.4. The van der Waals surface area contributed by atoms with E-state index < -0.39 is 0 Å². The molecule has 0 aliphatic carbocycles. The Kier molecular flexibility index (Phi) is 5.78. The molecular formula is C35H32N2OS2. The van der Waals surface area contributed by atoms with Gasteiger partial charge in [-0.1, -0.05) is 101 Å². The maximum absolute atomic E-state index is 13.9. The van der Waals surface area contributed by atoms with Crippen LogP contribution in [0, 0.1) is 4.64 Å². The molecule has 1 aliphatic heterocycles. The molecule has 0 fully saturated rings. The molecule has 0 saturated carbocycles. The van der Waals surface area contributed by atoms with E-state index in [0.717, 1.165) is 79.1 Å². The number of nitrogens with zero attached hydrogens (tertiary/aromatic N) is 2. The van der Waals surface area contributed by atoms with E-state index >= 15 is 0 Å². The van der Waals surface area contributed by atoms with Crippen molar-refractivity contribution < 1.29 is 4.79 Å². The van der Waals surface area contributed by atoms with Crippen LogP contribution >= 0.6 is 24.4 Å². The van der Waals surface area contributed by atoms with Crippen molar-refractivity contribution in [3.8, 4) is 0 Å². The van der Waals surface area contributed by atoms with Crippen LogP contribution in [-0.2, 0) is 0 Å².